The van der Waals surface area contributed by atoms with Crippen LogP contribution in [0.3, 0.4) is 0 Å². The molecule has 2 aromatic heterocycles. The zero-order valence-electron chi connectivity index (χ0n) is 16.9. The molecule has 2 aliphatic rings. The summed E-state index contributed by atoms with van der Waals surface area (Å²) in [4.78, 5) is 31.1. The SMILES string of the molecule is C=CC(=O)N1CCCC(c2ccc(C(C)C(=O)Cc3cc(C4CC4)n[nH]3)cn2)C1. The van der Waals surface area contributed by atoms with Crippen LogP contribution in [0.1, 0.15) is 73.0 Å². The molecule has 2 atom stereocenters. The fourth-order valence-electron chi connectivity index (χ4n) is 4.05. The molecular formula is C23H28N4O2. The number of aromatic nitrogens is 3. The largest absolute Gasteiger partial charge is 0.339 e. The van der Waals surface area contributed by atoms with Gasteiger partial charge in [0.25, 0.3) is 0 Å². The second-order valence-corrected chi connectivity index (χ2v) is 8.30. The van der Waals surface area contributed by atoms with E-state index in [1.807, 2.05) is 36.2 Å². The van der Waals surface area contributed by atoms with Gasteiger partial charge in [-0.05, 0) is 49.5 Å². The summed E-state index contributed by atoms with van der Waals surface area (Å²) < 4.78 is 0. The summed E-state index contributed by atoms with van der Waals surface area (Å²) in [5.41, 5.74) is 3.89. The number of rotatable bonds is 7. The van der Waals surface area contributed by atoms with Crippen molar-refractivity contribution in [2.45, 2.75) is 56.8 Å². The summed E-state index contributed by atoms with van der Waals surface area (Å²) in [6.45, 7) is 6.97. The van der Waals surface area contributed by atoms with E-state index in [-0.39, 0.29) is 23.5 Å². The van der Waals surface area contributed by atoms with Crippen molar-refractivity contribution < 1.29 is 9.59 Å². The molecule has 2 unspecified atom stereocenters. The molecule has 1 aliphatic carbocycles. The molecule has 0 aromatic carbocycles. The molecule has 152 valence electrons. The van der Waals surface area contributed by atoms with Gasteiger partial charge in [0.05, 0.1) is 5.69 Å². The van der Waals surface area contributed by atoms with Gasteiger partial charge in [0, 0.05) is 54.8 Å². The molecule has 6 heteroatoms. The molecule has 3 heterocycles. The molecule has 1 aliphatic heterocycles. The van der Waals surface area contributed by atoms with Crippen molar-refractivity contribution in [2.75, 3.05) is 13.1 Å². The summed E-state index contributed by atoms with van der Waals surface area (Å²) in [6.07, 6.45) is 7.94. The predicted octanol–water partition coefficient (Wildman–Crippen LogP) is 3.49. The van der Waals surface area contributed by atoms with Crippen LogP contribution in [-0.4, -0.2) is 44.9 Å². The van der Waals surface area contributed by atoms with E-state index < -0.39 is 0 Å². The van der Waals surface area contributed by atoms with Gasteiger partial charge in [-0.3, -0.25) is 19.7 Å². The first-order valence-corrected chi connectivity index (χ1v) is 10.5. The van der Waals surface area contributed by atoms with Crippen LogP contribution in [0.5, 0.6) is 0 Å². The van der Waals surface area contributed by atoms with E-state index in [1.54, 1.807) is 0 Å². The molecule has 1 amide bonds. The van der Waals surface area contributed by atoms with E-state index >= 15 is 0 Å². The lowest BCUT2D eigenvalue weighted by molar-refractivity contribution is -0.127. The summed E-state index contributed by atoms with van der Waals surface area (Å²) in [6, 6.07) is 6.04. The lowest BCUT2D eigenvalue weighted by Gasteiger charge is -2.31. The number of likely N-dealkylation sites (tertiary alicyclic amines) is 1. The zero-order chi connectivity index (χ0) is 20.4. The van der Waals surface area contributed by atoms with Gasteiger partial charge in [-0.25, -0.2) is 0 Å². The number of H-pyrrole nitrogens is 1. The van der Waals surface area contributed by atoms with Crippen molar-refractivity contribution in [1.82, 2.24) is 20.1 Å². The number of hydrogen-bond donors (Lipinski definition) is 1. The number of nitrogens with zero attached hydrogens (tertiary/aromatic N) is 3. The van der Waals surface area contributed by atoms with Crippen LogP contribution < -0.4 is 0 Å². The molecule has 1 saturated carbocycles. The van der Waals surface area contributed by atoms with Gasteiger partial charge in [0.1, 0.15) is 5.78 Å². The topological polar surface area (TPSA) is 79.0 Å². The van der Waals surface area contributed by atoms with E-state index in [9.17, 15) is 9.59 Å². The Bertz CT molecular complexity index is 898. The highest BCUT2D eigenvalue weighted by molar-refractivity contribution is 5.87. The Morgan fingerprint density at radius 3 is 2.79 bits per heavy atom. The first-order chi connectivity index (χ1) is 14.0. The maximum absolute atomic E-state index is 12.7. The Morgan fingerprint density at radius 1 is 1.28 bits per heavy atom. The van der Waals surface area contributed by atoms with Gasteiger partial charge < -0.3 is 4.90 Å². The van der Waals surface area contributed by atoms with E-state index in [2.05, 4.69) is 21.8 Å². The minimum Gasteiger partial charge on any atom is -0.339 e. The fraction of sp³-hybridized carbons (Fsp3) is 0.478. The normalized spacial score (nSPS) is 20.3. The molecule has 4 rings (SSSR count). The van der Waals surface area contributed by atoms with Crippen LogP contribution in [0.4, 0.5) is 0 Å². The van der Waals surface area contributed by atoms with Crippen molar-refractivity contribution in [3.63, 3.8) is 0 Å². The summed E-state index contributed by atoms with van der Waals surface area (Å²) >= 11 is 0. The molecule has 2 aromatic rings. The van der Waals surface area contributed by atoms with Gasteiger partial charge >= 0.3 is 0 Å². The number of carbonyl (C=O) groups excluding carboxylic acids is 2. The average molecular weight is 393 g/mol. The number of amides is 1. The third kappa shape index (κ3) is 4.47. The summed E-state index contributed by atoms with van der Waals surface area (Å²) in [5, 5.41) is 7.34. The molecular weight excluding hydrogens is 364 g/mol. The third-order valence-electron chi connectivity index (χ3n) is 6.13. The Labute approximate surface area is 171 Å². The minimum atomic E-state index is -0.213. The van der Waals surface area contributed by atoms with Crippen LogP contribution in [0.15, 0.2) is 37.1 Å². The van der Waals surface area contributed by atoms with Crippen molar-refractivity contribution >= 4 is 11.7 Å². The number of hydrogen-bond acceptors (Lipinski definition) is 4. The maximum atomic E-state index is 12.7. The highest BCUT2D eigenvalue weighted by Crippen LogP contribution is 2.39. The highest BCUT2D eigenvalue weighted by atomic mass is 16.2. The molecule has 2 fully saturated rings. The second kappa shape index (κ2) is 8.31. The monoisotopic (exact) mass is 392 g/mol. The Morgan fingerprint density at radius 2 is 2.10 bits per heavy atom. The number of piperidine rings is 1. The maximum Gasteiger partial charge on any atom is 0.245 e. The van der Waals surface area contributed by atoms with E-state index in [1.165, 1.54) is 18.9 Å². The number of ketones is 1. The fourth-order valence-corrected chi connectivity index (χ4v) is 4.05. The number of aromatic amines is 1. The van der Waals surface area contributed by atoms with Gasteiger partial charge in [-0.15, -0.1) is 0 Å². The summed E-state index contributed by atoms with van der Waals surface area (Å²) in [7, 11) is 0. The number of carbonyl (C=O) groups is 2. The van der Waals surface area contributed by atoms with Crippen LogP contribution in [-0.2, 0) is 16.0 Å². The zero-order valence-corrected chi connectivity index (χ0v) is 16.9. The molecule has 0 spiro atoms. The number of nitrogens with one attached hydrogen (secondary N) is 1. The first-order valence-electron chi connectivity index (χ1n) is 10.5. The van der Waals surface area contributed by atoms with Gasteiger partial charge in [0.2, 0.25) is 5.91 Å². The molecule has 0 radical (unpaired) electrons. The van der Waals surface area contributed by atoms with Crippen molar-refractivity contribution in [3.05, 3.63) is 59.7 Å². The number of pyridine rings is 1. The first kappa shape index (κ1) is 19.6. The molecule has 1 N–H and O–H groups in total. The second-order valence-electron chi connectivity index (χ2n) is 8.30. The van der Waals surface area contributed by atoms with Gasteiger partial charge in [-0.1, -0.05) is 19.6 Å². The van der Waals surface area contributed by atoms with Crippen LogP contribution in [0, 0.1) is 0 Å². The molecule has 1 saturated heterocycles. The Kier molecular flexibility index (Phi) is 5.60. The van der Waals surface area contributed by atoms with Gasteiger partial charge in [0.15, 0.2) is 0 Å². The van der Waals surface area contributed by atoms with Crippen LogP contribution in [0.25, 0.3) is 0 Å². The van der Waals surface area contributed by atoms with Crippen molar-refractivity contribution in [2.24, 2.45) is 0 Å². The third-order valence-corrected chi connectivity index (χ3v) is 6.13. The van der Waals surface area contributed by atoms with Crippen molar-refractivity contribution in [1.29, 1.82) is 0 Å². The van der Waals surface area contributed by atoms with Crippen LogP contribution in [0.2, 0.25) is 0 Å². The molecule has 29 heavy (non-hydrogen) atoms. The van der Waals surface area contributed by atoms with Gasteiger partial charge in [-0.2, -0.15) is 5.10 Å². The van der Waals surface area contributed by atoms with Crippen molar-refractivity contribution in [3.8, 4) is 0 Å². The average Bonchev–Trinajstić information content (AvgIpc) is 3.52. The summed E-state index contributed by atoms with van der Waals surface area (Å²) in [5.74, 6) is 0.745. The quantitative estimate of drug-likeness (QED) is 0.732. The van der Waals surface area contributed by atoms with E-state index in [0.717, 1.165) is 42.0 Å². The highest BCUT2D eigenvalue weighted by Gasteiger charge is 2.27. The minimum absolute atomic E-state index is 0.0193. The Balaban J connectivity index is 1.37. The van der Waals surface area contributed by atoms with E-state index in [4.69, 9.17) is 0 Å². The lowest BCUT2D eigenvalue weighted by Crippen LogP contribution is -2.38. The Hall–Kier alpha value is -2.76. The standard InChI is InChI=1S/C23H28N4O2/c1-3-23(29)27-10-4-5-18(14-27)20-9-8-17(13-24-20)15(2)22(28)12-19-11-21(26-25-19)16-6-7-16/h3,8-9,11,13,15-16,18H,1,4-7,10,12,14H2,2H3,(H,25,26). The van der Waals surface area contributed by atoms with E-state index in [0.29, 0.717) is 18.9 Å². The number of Topliss-reactive ketones (excluding diaryl/α,β-unsaturated/α-hetero) is 1. The predicted molar refractivity (Wildman–Crippen MR) is 111 cm³/mol. The lowest BCUT2D eigenvalue weighted by atomic mass is 9.91. The molecule has 6 nitrogen and oxygen atoms in total. The smallest absolute Gasteiger partial charge is 0.245 e. The molecule has 0 bridgehead atoms. The van der Waals surface area contributed by atoms with Crippen LogP contribution >= 0.6 is 0 Å².